The summed E-state index contributed by atoms with van der Waals surface area (Å²) in [6.45, 7) is 1.26. The van der Waals surface area contributed by atoms with E-state index in [1.165, 1.54) is 5.56 Å². The van der Waals surface area contributed by atoms with E-state index in [1.54, 1.807) is 11.3 Å². The van der Waals surface area contributed by atoms with Crippen molar-refractivity contribution >= 4 is 17.2 Å². The van der Waals surface area contributed by atoms with Gasteiger partial charge in [0.05, 0.1) is 12.3 Å². The fourth-order valence-corrected chi connectivity index (χ4v) is 4.11. The van der Waals surface area contributed by atoms with Crippen LogP contribution >= 0.6 is 11.3 Å². The van der Waals surface area contributed by atoms with E-state index in [-0.39, 0.29) is 11.8 Å². The number of carbonyl (C=O) groups is 1. The molecule has 0 bridgehead atoms. The Morgan fingerprint density at radius 1 is 1.00 bits per heavy atom. The molecular weight excluding hydrogens is 382 g/mol. The minimum atomic E-state index is 0.124. The number of hydrogen-bond donors (Lipinski definition) is 0. The lowest BCUT2D eigenvalue weighted by molar-refractivity contribution is -0.135. The minimum Gasteiger partial charge on any atom is -0.341 e. The van der Waals surface area contributed by atoms with Crippen molar-refractivity contribution in [2.75, 3.05) is 13.1 Å². The van der Waals surface area contributed by atoms with Crippen LogP contribution in [0.1, 0.15) is 17.4 Å². The van der Waals surface area contributed by atoms with Gasteiger partial charge in [0, 0.05) is 24.0 Å². The van der Waals surface area contributed by atoms with Crippen molar-refractivity contribution in [2.45, 2.75) is 12.3 Å². The Balaban J connectivity index is 1.17. The van der Waals surface area contributed by atoms with Crippen LogP contribution in [0, 0.1) is 0 Å². The normalized spacial score (nSPS) is 14.0. The maximum Gasteiger partial charge on any atom is 0.233 e. The minimum absolute atomic E-state index is 0.124. The number of rotatable bonds is 5. The van der Waals surface area contributed by atoms with Gasteiger partial charge in [0.2, 0.25) is 17.6 Å². The number of amides is 1. The summed E-state index contributed by atoms with van der Waals surface area (Å²) in [7, 11) is 0. The van der Waals surface area contributed by atoms with Crippen molar-refractivity contribution in [3.8, 4) is 22.5 Å². The van der Waals surface area contributed by atoms with Crippen molar-refractivity contribution in [1.82, 2.24) is 15.0 Å². The van der Waals surface area contributed by atoms with E-state index in [4.69, 9.17) is 4.52 Å². The van der Waals surface area contributed by atoms with Gasteiger partial charge in [0.25, 0.3) is 0 Å². The molecule has 0 N–H and O–H groups in total. The lowest BCUT2D eigenvalue weighted by Crippen LogP contribution is -2.49. The molecule has 0 unspecified atom stereocenters. The van der Waals surface area contributed by atoms with Crippen LogP contribution in [0.25, 0.3) is 22.5 Å². The van der Waals surface area contributed by atoms with Gasteiger partial charge >= 0.3 is 0 Å². The van der Waals surface area contributed by atoms with E-state index >= 15 is 0 Å². The summed E-state index contributed by atoms with van der Waals surface area (Å²) in [5, 5.41) is 8.03. The third kappa shape index (κ3) is 3.71. The van der Waals surface area contributed by atoms with Gasteiger partial charge in [0.15, 0.2) is 0 Å². The maximum atomic E-state index is 12.6. The summed E-state index contributed by atoms with van der Waals surface area (Å²) >= 11 is 1.60. The molecule has 0 spiro atoms. The van der Waals surface area contributed by atoms with Crippen LogP contribution in [0.3, 0.4) is 0 Å². The molecule has 4 aromatic rings. The fourth-order valence-electron chi connectivity index (χ4n) is 3.48. The van der Waals surface area contributed by atoms with Crippen LogP contribution in [-0.2, 0) is 11.2 Å². The number of benzene rings is 2. The van der Waals surface area contributed by atoms with Crippen LogP contribution in [-0.4, -0.2) is 34.0 Å². The summed E-state index contributed by atoms with van der Waals surface area (Å²) in [5.74, 6) is 1.48. The van der Waals surface area contributed by atoms with Gasteiger partial charge in [-0.25, -0.2) is 0 Å². The Morgan fingerprint density at radius 2 is 1.76 bits per heavy atom. The largest absolute Gasteiger partial charge is 0.341 e. The van der Waals surface area contributed by atoms with Crippen LogP contribution < -0.4 is 0 Å². The first kappa shape index (κ1) is 17.8. The fraction of sp³-hybridized carbons (Fsp3) is 0.174. The van der Waals surface area contributed by atoms with Crippen molar-refractivity contribution in [1.29, 1.82) is 0 Å². The molecule has 1 aliphatic heterocycles. The predicted molar refractivity (Wildman–Crippen MR) is 113 cm³/mol. The molecule has 2 aromatic heterocycles. The molecule has 144 valence electrons. The van der Waals surface area contributed by atoms with E-state index in [9.17, 15) is 4.79 Å². The van der Waals surface area contributed by atoms with Gasteiger partial charge in [-0.2, -0.15) is 16.3 Å². The van der Waals surface area contributed by atoms with E-state index in [1.807, 2.05) is 52.1 Å². The second-order valence-electron chi connectivity index (χ2n) is 7.20. The van der Waals surface area contributed by atoms with Gasteiger partial charge in [-0.1, -0.05) is 59.8 Å². The summed E-state index contributed by atoms with van der Waals surface area (Å²) < 4.78 is 5.40. The zero-order valence-corrected chi connectivity index (χ0v) is 16.5. The molecule has 0 radical (unpaired) electrons. The Bertz CT molecular complexity index is 1100. The zero-order chi connectivity index (χ0) is 19.6. The molecule has 1 aliphatic rings. The first-order chi connectivity index (χ1) is 14.3. The summed E-state index contributed by atoms with van der Waals surface area (Å²) in [6, 6.07) is 20.4. The quantitative estimate of drug-likeness (QED) is 0.489. The van der Waals surface area contributed by atoms with Crippen LogP contribution in [0.2, 0.25) is 0 Å². The van der Waals surface area contributed by atoms with Crippen molar-refractivity contribution < 1.29 is 9.32 Å². The van der Waals surface area contributed by atoms with Crippen molar-refractivity contribution in [3.05, 3.63) is 82.9 Å². The Morgan fingerprint density at radius 3 is 2.48 bits per heavy atom. The Hall–Kier alpha value is -3.25. The molecule has 29 heavy (non-hydrogen) atoms. The van der Waals surface area contributed by atoms with Crippen LogP contribution in [0.4, 0.5) is 0 Å². The standard InChI is InChI=1S/C23H19N3O2S/c27-21(12-16-6-8-18(9-7-16)17-4-2-1-3-5-17)26-13-20(14-26)23-24-22(25-28-23)19-10-11-29-15-19/h1-11,15,20H,12-14H2. The molecule has 0 atom stereocenters. The average Bonchev–Trinajstić information content (AvgIpc) is 3.40. The van der Waals surface area contributed by atoms with Gasteiger partial charge in [-0.15, -0.1) is 0 Å². The molecule has 1 fully saturated rings. The van der Waals surface area contributed by atoms with E-state index < -0.39 is 0 Å². The van der Waals surface area contributed by atoms with E-state index in [0.29, 0.717) is 31.2 Å². The molecule has 1 amide bonds. The van der Waals surface area contributed by atoms with E-state index in [2.05, 4.69) is 34.4 Å². The topological polar surface area (TPSA) is 59.2 Å². The third-order valence-corrected chi connectivity index (χ3v) is 5.90. The first-order valence-electron chi connectivity index (χ1n) is 9.54. The highest BCUT2D eigenvalue weighted by atomic mass is 32.1. The summed E-state index contributed by atoms with van der Waals surface area (Å²) in [5.41, 5.74) is 4.33. The highest BCUT2D eigenvalue weighted by molar-refractivity contribution is 7.08. The number of likely N-dealkylation sites (tertiary alicyclic amines) is 1. The number of aromatic nitrogens is 2. The number of hydrogen-bond acceptors (Lipinski definition) is 5. The van der Waals surface area contributed by atoms with Crippen LogP contribution in [0.15, 0.2) is 75.9 Å². The van der Waals surface area contributed by atoms with Gasteiger partial charge in [-0.05, 0) is 28.1 Å². The number of nitrogens with zero attached hydrogens (tertiary/aromatic N) is 3. The van der Waals surface area contributed by atoms with Crippen molar-refractivity contribution in [3.63, 3.8) is 0 Å². The maximum absolute atomic E-state index is 12.6. The van der Waals surface area contributed by atoms with Crippen molar-refractivity contribution in [2.24, 2.45) is 0 Å². The SMILES string of the molecule is O=C(Cc1ccc(-c2ccccc2)cc1)N1CC(c2nc(-c3ccsc3)no2)C1. The Kier molecular flexibility index (Phi) is 4.69. The molecule has 1 saturated heterocycles. The molecule has 5 nitrogen and oxygen atoms in total. The number of thiophene rings is 1. The molecule has 6 heteroatoms. The Labute approximate surface area is 172 Å². The second kappa shape index (κ2) is 7.64. The second-order valence-corrected chi connectivity index (χ2v) is 7.98. The van der Waals surface area contributed by atoms with Gasteiger partial charge in [-0.3, -0.25) is 4.79 Å². The molecule has 2 aromatic carbocycles. The molecule has 3 heterocycles. The third-order valence-electron chi connectivity index (χ3n) is 5.22. The smallest absolute Gasteiger partial charge is 0.233 e. The monoisotopic (exact) mass is 401 g/mol. The lowest BCUT2D eigenvalue weighted by Gasteiger charge is -2.37. The summed E-state index contributed by atoms with van der Waals surface area (Å²) in [4.78, 5) is 18.9. The van der Waals surface area contributed by atoms with Crippen LogP contribution in [0.5, 0.6) is 0 Å². The zero-order valence-electron chi connectivity index (χ0n) is 15.7. The summed E-state index contributed by atoms with van der Waals surface area (Å²) in [6.07, 6.45) is 0.409. The molecule has 0 saturated carbocycles. The van der Waals surface area contributed by atoms with Gasteiger partial charge < -0.3 is 9.42 Å². The van der Waals surface area contributed by atoms with Gasteiger partial charge in [0.1, 0.15) is 0 Å². The molecule has 0 aliphatic carbocycles. The molecule has 5 rings (SSSR count). The van der Waals surface area contributed by atoms with E-state index in [0.717, 1.165) is 16.7 Å². The predicted octanol–water partition coefficient (Wildman–Crippen LogP) is 4.63. The average molecular weight is 401 g/mol. The highest BCUT2D eigenvalue weighted by Gasteiger charge is 2.35. The molecular formula is C23H19N3O2S. The number of carbonyl (C=O) groups excluding carboxylic acids is 1. The first-order valence-corrected chi connectivity index (χ1v) is 10.5. The highest BCUT2D eigenvalue weighted by Crippen LogP contribution is 2.29. The lowest BCUT2D eigenvalue weighted by atomic mass is 9.98.